The minimum absolute atomic E-state index is 0.249. The summed E-state index contributed by atoms with van der Waals surface area (Å²) in [5.41, 5.74) is 1.11. The Hall–Kier alpha value is -2.30. The number of ether oxygens (including phenoxy) is 3. The number of benzene rings is 1. The van der Waals surface area contributed by atoms with Crippen LogP contribution < -0.4 is 9.47 Å². The molecule has 5 nitrogen and oxygen atoms in total. The van der Waals surface area contributed by atoms with Gasteiger partial charge in [0.05, 0.1) is 12.6 Å². The normalized spacial score (nSPS) is 14.4. The van der Waals surface area contributed by atoms with E-state index in [-0.39, 0.29) is 6.61 Å². The first-order chi connectivity index (χ1) is 8.79. The van der Waals surface area contributed by atoms with Crippen LogP contribution in [0.1, 0.15) is 10.4 Å². The molecule has 0 radical (unpaired) electrons. The average Bonchev–Trinajstić information content (AvgIpc) is 2.60. The SMILES string of the molecule is COc1ccc2ncc3c(c2c1)OCCOC3=O. The predicted octanol–water partition coefficient (Wildman–Crippen LogP) is 1.79. The molecule has 0 aliphatic carbocycles. The van der Waals surface area contributed by atoms with Crippen LogP contribution in [0.25, 0.3) is 10.9 Å². The van der Waals surface area contributed by atoms with Gasteiger partial charge < -0.3 is 14.2 Å². The van der Waals surface area contributed by atoms with Gasteiger partial charge in [0.2, 0.25) is 0 Å². The number of nitrogens with zero attached hydrogens (tertiary/aromatic N) is 1. The molecule has 2 aromatic rings. The number of aromatic nitrogens is 1. The number of esters is 1. The molecule has 0 saturated carbocycles. The van der Waals surface area contributed by atoms with Gasteiger partial charge in [0.1, 0.15) is 30.3 Å². The van der Waals surface area contributed by atoms with E-state index in [2.05, 4.69) is 4.98 Å². The molecule has 0 saturated heterocycles. The van der Waals surface area contributed by atoms with Crippen molar-refractivity contribution in [3.63, 3.8) is 0 Å². The van der Waals surface area contributed by atoms with E-state index in [1.54, 1.807) is 13.2 Å². The van der Waals surface area contributed by atoms with E-state index in [1.165, 1.54) is 6.20 Å². The Morgan fingerprint density at radius 2 is 2.11 bits per heavy atom. The van der Waals surface area contributed by atoms with E-state index in [0.29, 0.717) is 23.7 Å². The second-order valence-corrected chi connectivity index (χ2v) is 3.87. The molecule has 18 heavy (non-hydrogen) atoms. The molecule has 1 aromatic heterocycles. The second-order valence-electron chi connectivity index (χ2n) is 3.87. The summed E-state index contributed by atoms with van der Waals surface area (Å²) in [5, 5.41) is 0.755. The van der Waals surface area contributed by atoms with Crippen molar-refractivity contribution < 1.29 is 19.0 Å². The third-order valence-corrected chi connectivity index (χ3v) is 2.81. The summed E-state index contributed by atoms with van der Waals surface area (Å²) < 4.78 is 15.8. The molecule has 0 spiro atoms. The van der Waals surface area contributed by atoms with Gasteiger partial charge in [-0.25, -0.2) is 4.79 Å². The second kappa shape index (κ2) is 4.18. The van der Waals surface area contributed by atoms with Gasteiger partial charge in [0, 0.05) is 11.6 Å². The molecule has 0 amide bonds. The zero-order chi connectivity index (χ0) is 12.5. The third-order valence-electron chi connectivity index (χ3n) is 2.81. The number of methoxy groups -OCH3 is 1. The van der Waals surface area contributed by atoms with E-state index in [4.69, 9.17) is 14.2 Å². The van der Waals surface area contributed by atoms with Crippen LogP contribution in [0.3, 0.4) is 0 Å². The number of fused-ring (bicyclic) bond motifs is 3. The largest absolute Gasteiger partial charge is 0.497 e. The van der Waals surface area contributed by atoms with Gasteiger partial charge in [-0.05, 0) is 18.2 Å². The van der Waals surface area contributed by atoms with Crippen molar-refractivity contribution in [1.29, 1.82) is 0 Å². The van der Waals surface area contributed by atoms with Crippen molar-refractivity contribution in [2.45, 2.75) is 0 Å². The fourth-order valence-electron chi connectivity index (χ4n) is 1.93. The van der Waals surface area contributed by atoms with Crippen LogP contribution in [-0.2, 0) is 4.74 Å². The van der Waals surface area contributed by atoms with Crippen LogP contribution in [0.5, 0.6) is 11.5 Å². The van der Waals surface area contributed by atoms with Crippen LogP contribution in [0, 0.1) is 0 Å². The number of carbonyl (C=O) groups excluding carboxylic acids is 1. The number of rotatable bonds is 1. The maximum absolute atomic E-state index is 11.7. The Balaban J connectivity index is 2.28. The first-order valence-corrected chi connectivity index (χ1v) is 5.56. The lowest BCUT2D eigenvalue weighted by Crippen LogP contribution is -2.05. The number of hydrogen-bond donors (Lipinski definition) is 0. The minimum atomic E-state index is -0.403. The fraction of sp³-hybridized carbons (Fsp3) is 0.231. The fourth-order valence-corrected chi connectivity index (χ4v) is 1.93. The lowest BCUT2D eigenvalue weighted by Gasteiger charge is -2.09. The summed E-state index contributed by atoms with van der Waals surface area (Å²) in [6, 6.07) is 5.45. The van der Waals surface area contributed by atoms with E-state index in [1.807, 2.05) is 12.1 Å². The monoisotopic (exact) mass is 245 g/mol. The Bertz CT molecular complexity index is 624. The number of carbonyl (C=O) groups is 1. The summed E-state index contributed by atoms with van der Waals surface area (Å²) >= 11 is 0. The van der Waals surface area contributed by atoms with Crippen molar-refractivity contribution in [1.82, 2.24) is 4.98 Å². The van der Waals surface area contributed by atoms with E-state index < -0.39 is 5.97 Å². The predicted molar refractivity (Wildman–Crippen MR) is 64.1 cm³/mol. The van der Waals surface area contributed by atoms with Crippen LogP contribution in [0.15, 0.2) is 24.4 Å². The van der Waals surface area contributed by atoms with Crippen molar-refractivity contribution in [2.75, 3.05) is 20.3 Å². The van der Waals surface area contributed by atoms with Gasteiger partial charge >= 0.3 is 5.97 Å². The molecular weight excluding hydrogens is 234 g/mol. The molecule has 1 aliphatic rings. The molecular formula is C13H11NO4. The molecule has 1 aromatic carbocycles. The van der Waals surface area contributed by atoms with Crippen LogP contribution in [0.2, 0.25) is 0 Å². The third kappa shape index (κ3) is 1.64. The summed E-state index contributed by atoms with van der Waals surface area (Å²) in [7, 11) is 1.59. The van der Waals surface area contributed by atoms with Gasteiger partial charge in [-0.2, -0.15) is 0 Å². The van der Waals surface area contributed by atoms with E-state index >= 15 is 0 Å². The summed E-state index contributed by atoms with van der Waals surface area (Å²) in [6.07, 6.45) is 1.48. The standard InChI is InChI=1S/C13H11NO4/c1-16-8-2-3-11-9(6-8)12-10(7-14-11)13(15)18-5-4-17-12/h2-3,6-7H,4-5H2,1H3. The van der Waals surface area contributed by atoms with Crippen LogP contribution in [0.4, 0.5) is 0 Å². The first kappa shape index (κ1) is 10.8. The lowest BCUT2D eigenvalue weighted by atomic mass is 10.1. The zero-order valence-corrected chi connectivity index (χ0v) is 9.80. The molecule has 0 N–H and O–H groups in total. The Labute approximate surface area is 103 Å². The molecule has 0 unspecified atom stereocenters. The van der Waals surface area contributed by atoms with Gasteiger partial charge in [0.25, 0.3) is 0 Å². The maximum Gasteiger partial charge on any atom is 0.343 e. The topological polar surface area (TPSA) is 57.6 Å². The molecule has 0 bridgehead atoms. The Morgan fingerprint density at radius 1 is 1.28 bits per heavy atom. The Kier molecular flexibility index (Phi) is 2.51. The van der Waals surface area contributed by atoms with E-state index in [9.17, 15) is 4.79 Å². The van der Waals surface area contributed by atoms with Crippen molar-refractivity contribution in [3.8, 4) is 11.5 Å². The molecule has 2 heterocycles. The van der Waals surface area contributed by atoms with Gasteiger partial charge in [-0.1, -0.05) is 0 Å². The lowest BCUT2D eigenvalue weighted by molar-refractivity contribution is 0.0492. The van der Waals surface area contributed by atoms with Crippen LogP contribution >= 0.6 is 0 Å². The first-order valence-electron chi connectivity index (χ1n) is 5.56. The molecule has 0 fully saturated rings. The molecule has 1 aliphatic heterocycles. The summed E-state index contributed by atoms with van der Waals surface area (Å²) in [5.74, 6) is 0.806. The van der Waals surface area contributed by atoms with Gasteiger partial charge in [-0.15, -0.1) is 0 Å². The smallest absolute Gasteiger partial charge is 0.343 e. The maximum atomic E-state index is 11.7. The van der Waals surface area contributed by atoms with Crippen molar-refractivity contribution in [3.05, 3.63) is 30.0 Å². The molecule has 3 rings (SSSR count). The number of hydrogen-bond acceptors (Lipinski definition) is 5. The highest BCUT2D eigenvalue weighted by atomic mass is 16.6. The van der Waals surface area contributed by atoms with Crippen LogP contribution in [-0.4, -0.2) is 31.3 Å². The quantitative estimate of drug-likeness (QED) is 0.717. The molecule has 0 atom stereocenters. The Morgan fingerprint density at radius 3 is 2.94 bits per heavy atom. The van der Waals surface area contributed by atoms with Crippen molar-refractivity contribution in [2.24, 2.45) is 0 Å². The number of pyridine rings is 1. The van der Waals surface area contributed by atoms with Gasteiger partial charge in [-0.3, -0.25) is 4.98 Å². The molecule has 5 heteroatoms. The minimum Gasteiger partial charge on any atom is -0.497 e. The zero-order valence-electron chi connectivity index (χ0n) is 9.80. The summed E-state index contributed by atoms with van der Waals surface area (Å²) in [6.45, 7) is 0.591. The highest BCUT2D eigenvalue weighted by Gasteiger charge is 2.21. The summed E-state index contributed by atoms with van der Waals surface area (Å²) in [4.78, 5) is 16.0. The highest BCUT2D eigenvalue weighted by molar-refractivity contribution is 6.00. The highest BCUT2D eigenvalue weighted by Crippen LogP contribution is 2.32. The van der Waals surface area contributed by atoms with Gasteiger partial charge in [0.15, 0.2) is 0 Å². The van der Waals surface area contributed by atoms with Crippen molar-refractivity contribution >= 4 is 16.9 Å². The average molecular weight is 245 g/mol. The van der Waals surface area contributed by atoms with E-state index in [0.717, 1.165) is 10.9 Å². The number of cyclic esters (lactones) is 1. The molecule has 92 valence electrons.